The van der Waals surface area contributed by atoms with Crippen LogP contribution in [0.5, 0.6) is 0 Å². The molecule has 0 aromatic rings. The molecule has 0 unspecified atom stereocenters. The fourth-order valence-corrected chi connectivity index (χ4v) is 2.29. The van der Waals surface area contributed by atoms with Gasteiger partial charge in [-0.3, -0.25) is 0 Å². The quantitative estimate of drug-likeness (QED) is 0.550. The van der Waals surface area contributed by atoms with E-state index in [-0.39, 0.29) is 29.9 Å². The summed E-state index contributed by atoms with van der Waals surface area (Å²) in [7, 11) is 0. The van der Waals surface area contributed by atoms with Crippen LogP contribution in [0.1, 0.15) is 12.8 Å². The summed E-state index contributed by atoms with van der Waals surface area (Å²) in [6.07, 6.45) is 2.27. The topological polar surface area (TPSA) is 47.6 Å². The molecule has 0 saturated heterocycles. The van der Waals surface area contributed by atoms with E-state index >= 15 is 0 Å². The predicted molar refractivity (Wildman–Crippen MR) is 41.6 cm³/mol. The van der Waals surface area contributed by atoms with Crippen LogP contribution in [0.25, 0.3) is 0 Å². The first kappa shape index (κ1) is 10.0. The Morgan fingerprint density at radius 2 is 1.30 bits per heavy atom. The summed E-state index contributed by atoms with van der Waals surface area (Å²) in [5.41, 5.74) is 0. The fourth-order valence-electron chi connectivity index (χ4n) is 0.440. The Morgan fingerprint density at radius 1 is 0.900 bits per heavy atom. The van der Waals surface area contributed by atoms with Crippen molar-refractivity contribution in [3.05, 3.63) is 0 Å². The maximum atomic E-state index is 8.20. The molecular formula is C6H8N2Se2. The molecule has 0 fully saturated rings. The molecule has 0 heterocycles. The van der Waals surface area contributed by atoms with Gasteiger partial charge in [-0.2, -0.15) is 0 Å². The molecule has 0 atom stereocenters. The van der Waals surface area contributed by atoms with Gasteiger partial charge >= 0.3 is 73.9 Å². The molecule has 4 heteroatoms. The van der Waals surface area contributed by atoms with Crippen LogP contribution in [-0.4, -0.2) is 29.9 Å². The SMILES string of the molecule is N#C[Se]CCCC[Se]C#N. The third-order valence-corrected chi connectivity index (χ3v) is 3.48. The van der Waals surface area contributed by atoms with E-state index in [2.05, 4.69) is 9.94 Å². The van der Waals surface area contributed by atoms with Crippen LogP contribution in [0.2, 0.25) is 10.6 Å². The first-order chi connectivity index (χ1) is 4.91. The first-order valence-electron chi connectivity index (χ1n) is 2.93. The second-order valence-corrected chi connectivity index (χ2v) is 5.28. The van der Waals surface area contributed by atoms with Gasteiger partial charge < -0.3 is 0 Å². The molecule has 0 aromatic heterocycles. The first-order valence-corrected chi connectivity index (χ1v) is 7.07. The van der Waals surface area contributed by atoms with Gasteiger partial charge in [0.2, 0.25) is 0 Å². The van der Waals surface area contributed by atoms with Crippen molar-refractivity contribution >= 4 is 29.9 Å². The Balaban J connectivity index is 2.80. The third kappa shape index (κ3) is 8.02. The van der Waals surface area contributed by atoms with E-state index in [0.29, 0.717) is 0 Å². The molecule has 0 aliphatic heterocycles. The van der Waals surface area contributed by atoms with Crippen LogP contribution >= 0.6 is 0 Å². The van der Waals surface area contributed by atoms with Gasteiger partial charge in [0.25, 0.3) is 0 Å². The zero-order chi connectivity index (χ0) is 7.66. The summed E-state index contributed by atoms with van der Waals surface area (Å²) < 4.78 is 0. The van der Waals surface area contributed by atoms with Gasteiger partial charge in [0.15, 0.2) is 0 Å². The molecule has 0 saturated carbocycles. The molecule has 0 radical (unpaired) electrons. The van der Waals surface area contributed by atoms with Gasteiger partial charge in [0.1, 0.15) is 0 Å². The molecule has 54 valence electrons. The van der Waals surface area contributed by atoms with E-state index < -0.39 is 0 Å². The van der Waals surface area contributed by atoms with Gasteiger partial charge in [0.05, 0.1) is 0 Å². The number of nitrogens with zero attached hydrogens (tertiary/aromatic N) is 2. The summed E-state index contributed by atoms with van der Waals surface area (Å²) in [5, 5.41) is 18.5. The summed E-state index contributed by atoms with van der Waals surface area (Å²) >= 11 is 0.388. The van der Waals surface area contributed by atoms with E-state index in [0.717, 1.165) is 23.5 Å². The van der Waals surface area contributed by atoms with Crippen molar-refractivity contribution in [1.82, 2.24) is 0 Å². The van der Waals surface area contributed by atoms with Crippen molar-refractivity contribution in [2.45, 2.75) is 23.5 Å². The van der Waals surface area contributed by atoms with Gasteiger partial charge in [-0.1, -0.05) is 0 Å². The Kier molecular flexibility index (Phi) is 9.04. The summed E-state index contributed by atoms with van der Waals surface area (Å²) in [4.78, 5) is 4.32. The molecule has 0 rings (SSSR count). The van der Waals surface area contributed by atoms with Crippen molar-refractivity contribution in [2.24, 2.45) is 0 Å². The van der Waals surface area contributed by atoms with Crippen LogP contribution in [0.3, 0.4) is 0 Å². The molecule has 0 aliphatic rings. The number of unbranched alkanes of at least 4 members (excludes halogenated alkanes) is 1. The minimum atomic E-state index is 0.194. The Hall–Kier alpha value is 0.0190. The van der Waals surface area contributed by atoms with Crippen molar-refractivity contribution in [1.29, 1.82) is 10.5 Å². The Bertz CT molecular complexity index is 127. The third-order valence-electron chi connectivity index (χ3n) is 0.872. The predicted octanol–water partition coefficient (Wildman–Crippen LogP) is 0.974. The second-order valence-electron chi connectivity index (χ2n) is 1.59. The normalized spacial score (nSPS) is 8.20. The van der Waals surface area contributed by atoms with Crippen LogP contribution in [0, 0.1) is 20.5 Å². The van der Waals surface area contributed by atoms with Crippen molar-refractivity contribution < 1.29 is 0 Å². The average Bonchev–Trinajstić information content (AvgIpc) is 1.97. The van der Waals surface area contributed by atoms with E-state index in [9.17, 15) is 0 Å². The number of hydrogen-bond donors (Lipinski definition) is 0. The van der Waals surface area contributed by atoms with Crippen molar-refractivity contribution in [3.8, 4) is 9.94 Å². The molecule has 0 aromatic carbocycles. The molecule has 0 spiro atoms. The van der Waals surface area contributed by atoms with Crippen molar-refractivity contribution in [3.63, 3.8) is 0 Å². The minimum absolute atomic E-state index is 0.194. The monoisotopic (exact) mass is 268 g/mol. The molecule has 10 heavy (non-hydrogen) atoms. The molecule has 0 aliphatic carbocycles. The fraction of sp³-hybridized carbons (Fsp3) is 0.667. The van der Waals surface area contributed by atoms with Gasteiger partial charge in [-0.15, -0.1) is 0 Å². The summed E-state index contributed by atoms with van der Waals surface area (Å²) in [6.45, 7) is 0. The Morgan fingerprint density at radius 3 is 1.60 bits per heavy atom. The van der Waals surface area contributed by atoms with Gasteiger partial charge in [-0.05, 0) is 0 Å². The summed E-state index contributed by atoms with van der Waals surface area (Å²) in [5.74, 6) is 0. The number of nitriles is 2. The zero-order valence-corrected chi connectivity index (χ0v) is 8.97. The molecule has 0 N–H and O–H groups in total. The Labute approximate surface area is 73.9 Å². The second kappa shape index (κ2) is 9.02. The van der Waals surface area contributed by atoms with E-state index in [1.165, 1.54) is 0 Å². The molecular weight excluding hydrogens is 258 g/mol. The maximum absolute atomic E-state index is 8.20. The van der Waals surface area contributed by atoms with E-state index in [4.69, 9.17) is 10.5 Å². The van der Waals surface area contributed by atoms with Crippen LogP contribution in [0.15, 0.2) is 0 Å². The van der Waals surface area contributed by atoms with E-state index in [1.54, 1.807) is 0 Å². The van der Waals surface area contributed by atoms with E-state index in [1.807, 2.05) is 0 Å². The molecule has 0 amide bonds. The van der Waals surface area contributed by atoms with Crippen LogP contribution < -0.4 is 0 Å². The van der Waals surface area contributed by atoms with Crippen molar-refractivity contribution in [2.75, 3.05) is 0 Å². The number of rotatable bonds is 5. The molecule has 2 nitrogen and oxygen atoms in total. The summed E-state index contributed by atoms with van der Waals surface area (Å²) in [6, 6.07) is 0. The van der Waals surface area contributed by atoms with Crippen LogP contribution in [0.4, 0.5) is 0 Å². The average molecular weight is 266 g/mol. The van der Waals surface area contributed by atoms with Gasteiger partial charge in [0, 0.05) is 0 Å². The number of hydrogen-bond acceptors (Lipinski definition) is 2. The standard InChI is InChI=1S/C6H8N2Se2/c7-5-9-3-1-2-4-10-6-8/h1-4H2. The molecule has 0 bridgehead atoms. The van der Waals surface area contributed by atoms with Gasteiger partial charge in [-0.25, -0.2) is 0 Å². The van der Waals surface area contributed by atoms with Crippen LogP contribution in [-0.2, 0) is 0 Å². The zero-order valence-electron chi connectivity index (χ0n) is 5.54.